The normalized spacial score (nSPS) is 11.9. The molecule has 4 aromatic heterocycles. The van der Waals surface area contributed by atoms with E-state index in [0.717, 1.165) is 61.9 Å². The molecule has 0 fully saturated rings. The molecule has 56 heavy (non-hydrogen) atoms. The molecule has 12 aromatic rings. The molecule has 8 aromatic carbocycles. The van der Waals surface area contributed by atoms with Gasteiger partial charge in [0.15, 0.2) is 0 Å². The lowest BCUT2D eigenvalue weighted by Gasteiger charge is -2.11. The highest BCUT2D eigenvalue weighted by Crippen LogP contribution is 2.41. The van der Waals surface area contributed by atoms with Crippen LogP contribution in [-0.2, 0) is 0 Å². The van der Waals surface area contributed by atoms with Crippen molar-refractivity contribution in [1.82, 2.24) is 23.1 Å². The third-order valence-electron chi connectivity index (χ3n) is 11.4. The predicted octanol–water partition coefficient (Wildman–Crippen LogP) is 12.8. The third-order valence-corrected chi connectivity index (χ3v) is 11.4. The van der Waals surface area contributed by atoms with E-state index in [-0.39, 0.29) is 0 Å². The van der Waals surface area contributed by atoms with E-state index in [4.69, 9.17) is 4.98 Å². The molecule has 0 unspecified atom stereocenters. The molecule has 0 saturated carbocycles. The maximum atomic E-state index is 5.53. The maximum absolute atomic E-state index is 5.53. The molecular formula is C51H33N5. The van der Waals surface area contributed by atoms with Gasteiger partial charge in [0.1, 0.15) is 0 Å². The van der Waals surface area contributed by atoms with E-state index in [2.05, 4.69) is 218 Å². The zero-order chi connectivity index (χ0) is 36.7. The molecule has 0 atom stereocenters. The van der Waals surface area contributed by atoms with Crippen LogP contribution in [0.2, 0.25) is 0 Å². The van der Waals surface area contributed by atoms with Crippen molar-refractivity contribution >= 4 is 60.4 Å². The average molecular weight is 716 g/mol. The Morgan fingerprint density at radius 2 is 0.786 bits per heavy atom. The SMILES string of the molecule is c1ccc(-c2c(-c3ccc4c(c3)c3ccccc3n4-c3ccc4c(c3)c3ccccc3n4-c3ccccc3)nc3n(-c4ccccc4)c4ccccc4n23)cc1. The second kappa shape index (κ2) is 11.9. The first-order valence-corrected chi connectivity index (χ1v) is 19.1. The summed E-state index contributed by atoms with van der Waals surface area (Å²) >= 11 is 0. The largest absolute Gasteiger partial charge is 0.309 e. The first-order chi connectivity index (χ1) is 27.8. The molecular weight excluding hydrogens is 683 g/mol. The molecule has 0 N–H and O–H groups in total. The Bertz CT molecular complexity index is 3460. The van der Waals surface area contributed by atoms with Crippen LogP contribution in [0.3, 0.4) is 0 Å². The Morgan fingerprint density at radius 3 is 1.45 bits per heavy atom. The van der Waals surface area contributed by atoms with Crippen LogP contribution in [0.15, 0.2) is 200 Å². The van der Waals surface area contributed by atoms with Crippen molar-refractivity contribution in [2.24, 2.45) is 0 Å². The molecule has 4 heterocycles. The fourth-order valence-corrected chi connectivity index (χ4v) is 8.99. The Kier molecular flexibility index (Phi) is 6.56. The van der Waals surface area contributed by atoms with E-state index in [1.54, 1.807) is 0 Å². The van der Waals surface area contributed by atoms with Gasteiger partial charge in [0.05, 0.1) is 44.5 Å². The number of nitrogens with zero attached hydrogens (tertiary/aromatic N) is 5. The quantitative estimate of drug-likeness (QED) is 0.175. The minimum atomic E-state index is 0.886. The van der Waals surface area contributed by atoms with E-state index >= 15 is 0 Å². The minimum Gasteiger partial charge on any atom is -0.309 e. The number of rotatable bonds is 5. The molecule has 5 nitrogen and oxygen atoms in total. The fourth-order valence-electron chi connectivity index (χ4n) is 8.99. The van der Waals surface area contributed by atoms with Crippen LogP contribution in [0.25, 0.3) is 100.0 Å². The van der Waals surface area contributed by atoms with Gasteiger partial charge < -0.3 is 9.13 Å². The topological polar surface area (TPSA) is 32.1 Å². The lowest BCUT2D eigenvalue weighted by atomic mass is 10.0. The highest BCUT2D eigenvalue weighted by molar-refractivity contribution is 6.13. The van der Waals surface area contributed by atoms with Crippen molar-refractivity contribution in [1.29, 1.82) is 0 Å². The van der Waals surface area contributed by atoms with Crippen LogP contribution in [0.1, 0.15) is 0 Å². The number of benzene rings is 8. The summed E-state index contributed by atoms with van der Waals surface area (Å²) in [5, 5.41) is 4.87. The summed E-state index contributed by atoms with van der Waals surface area (Å²) in [5.41, 5.74) is 14.6. The first kappa shape index (κ1) is 30.8. The van der Waals surface area contributed by atoms with Gasteiger partial charge in [-0.15, -0.1) is 0 Å². The van der Waals surface area contributed by atoms with Gasteiger partial charge in [0.2, 0.25) is 5.78 Å². The van der Waals surface area contributed by atoms with Crippen molar-refractivity contribution in [3.05, 3.63) is 200 Å². The van der Waals surface area contributed by atoms with Gasteiger partial charge >= 0.3 is 0 Å². The van der Waals surface area contributed by atoms with Gasteiger partial charge in [0.25, 0.3) is 0 Å². The number of aromatic nitrogens is 5. The molecule has 0 amide bonds. The summed E-state index contributed by atoms with van der Waals surface area (Å²) in [5.74, 6) is 0.886. The van der Waals surface area contributed by atoms with Crippen molar-refractivity contribution in [2.75, 3.05) is 0 Å². The number of para-hydroxylation sites is 6. The van der Waals surface area contributed by atoms with E-state index in [0.29, 0.717) is 0 Å². The molecule has 0 aliphatic heterocycles. The highest BCUT2D eigenvalue weighted by atomic mass is 15.2. The number of hydrogen-bond acceptors (Lipinski definition) is 1. The first-order valence-electron chi connectivity index (χ1n) is 19.1. The van der Waals surface area contributed by atoms with Crippen LogP contribution in [0.5, 0.6) is 0 Å². The lowest BCUT2D eigenvalue weighted by Crippen LogP contribution is -1.95. The molecule has 0 spiro atoms. The predicted molar refractivity (Wildman–Crippen MR) is 232 cm³/mol. The van der Waals surface area contributed by atoms with Gasteiger partial charge in [-0.3, -0.25) is 8.97 Å². The summed E-state index contributed by atoms with van der Waals surface area (Å²) in [6.45, 7) is 0. The van der Waals surface area contributed by atoms with Crippen LogP contribution in [0.4, 0.5) is 0 Å². The van der Waals surface area contributed by atoms with E-state index in [9.17, 15) is 0 Å². The zero-order valence-electron chi connectivity index (χ0n) is 30.3. The van der Waals surface area contributed by atoms with E-state index in [1.165, 1.54) is 38.1 Å². The van der Waals surface area contributed by atoms with Crippen molar-refractivity contribution < 1.29 is 0 Å². The van der Waals surface area contributed by atoms with E-state index in [1.807, 2.05) is 0 Å². The summed E-state index contributed by atoms with van der Waals surface area (Å²) in [4.78, 5) is 5.53. The number of fused-ring (bicyclic) bond motifs is 9. The van der Waals surface area contributed by atoms with Crippen LogP contribution < -0.4 is 0 Å². The standard InChI is InChI=1S/C51H33N5/c1-4-16-34(17-5-1)50-49(52-51-55(37-20-8-3-9-21-37)47-26-14-15-27-48(47)56(50)51)35-28-30-45-41(32-35)39-22-10-13-25-44(39)54(45)38-29-31-46-42(33-38)40-23-11-12-24-43(40)53(46)36-18-6-2-7-19-36/h1-33H. The second-order valence-corrected chi connectivity index (χ2v) is 14.4. The Hall–Kier alpha value is -7.63. The summed E-state index contributed by atoms with van der Waals surface area (Å²) in [7, 11) is 0. The molecule has 262 valence electrons. The Morgan fingerprint density at radius 1 is 0.304 bits per heavy atom. The molecule has 5 heteroatoms. The smallest absolute Gasteiger partial charge is 0.220 e. The van der Waals surface area contributed by atoms with Crippen LogP contribution >= 0.6 is 0 Å². The Balaban J connectivity index is 1.11. The molecule has 0 aliphatic rings. The van der Waals surface area contributed by atoms with Gasteiger partial charge in [0, 0.05) is 49.7 Å². The van der Waals surface area contributed by atoms with E-state index < -0.39 is 0 Å². The highest BCUT2D eigenvalue weighted by Gasteiger charge is 2.24. The summed E-state index contributed by atoms with van der Waals surface area (Å²) in [6.07, 6.45) is 0. The number of imidazole rings is 2. The molecule has 0 bridgehead atoms. The third kappa shape index (κ3) is 4.39. The fraction of sp³-hybridized carbons (Fsp3) is 0. The van der Waals surface area contributed by atoms with Crippen molar-refractivity contribution in [2.45, 2.75) is 0 Å². The molecule has 0 saturated heterocycles. The molecule has 12 rings (SSSR count). The Labute approximate surface area is 322 Å². The number of hydrogen-bond donors (Lipinski definition) is 0. The van der Waals surface area contributed by atoms with Crippen molar-refractivity contribution in [3.8, 4) is 39.6 Å². The van der Waals surface area contributed by atoms with Gasteiger partial charge in [-0.25, -0.2) is 4.98 Å². The van der Waals surface area contributed by atoms with Crippen LogP contribution in [-0.4, -0.2) is 23.1 Å². The van der Waals surface area contributed by atoms with Gasteiger partial charge in [-0.2, -0.15) is 0 Å². The zero-order valence-corrected chi connectivity index (χ0v) is 30.3. The average Bonchev–Trinajstić information content (AvgIpc) is 4.00. The molecule has 0 radical (unpaired) electrons. The molecule has 0 aliphatic carbocycles. The van der Waals surface area contributed by atoms with Gasteiger partial charge in [-0.05, 0) is 78.9 Å². The summed E-state index contributed by atoms with van der Waals surface area (Å²) in [6, 6.07) is 71.7. The minimum absolute atomic E-state index is 0.886. The van der Waals surface area contributed by atoms with Crippen molar-refractivity contribution in [3.63, 3.8) is 0 Å². The lowest BCUT2D eigenvalue weighted by molar-refractivity contribution is 1.10. The maximum Gasteiger partial charge on any atom is 0.220 e. The monoisotopic (exact) mass is 715 g/mol. The van der Waals surface area contributed by atoms with Gasteiger partial charge in [-0.1, -0.05) is 121 Å². The van der Waals surface area contributed by atoms with Crippen LogP contribution in [0, 0.1) is 0 Å². The summed E-state index contributed by atoms with van der Waals surface area (Å²) < 4.78 is 9.40. The second-order valence-electron chi connectivity index (χ2n) is 14.4.